The predicted octanol–water partition coefficient (Wildman–Crippen LogP) is 1.56. The summed E-state index contributed by atoms with van der Waals surface area (Å²) in [7, 11) is 0. The average Bonchev–Trinajstić information content (AvgIpc) is 2.22. The van der Waals surface area contributed by atoms with Crippen LogP contribution in [0.4, 0.5) is 0 Å². The van der Waals surface area contributed by atoms with Crippen molar-refractivity contribution in [3.05, 3.63) is 41.4 Å². The lowest BCUT2D eigenvalue weighted by atomic mass is 9.92. The van der Waals surface area contributed by atoms with E-state index in [1.165, 1.54) is 24.3 Å². The van der Waals surface area contributed by atoms with E-state index in [2.05, 4.69) is 6.58 Å². The minimum Gasteiger partial charge on any atom is -0.508 e. The van der Waals surface area contributed by atoms with Crippen LogP contribution < -0.4 is 5.73 Å². The van der Waals surface area contributed by atoms with Gasteiger partial charge in [-0.2, -0.15) is 0 Å². The first-order valence-corrected chi connectivity index (χ1v) is 4.90. The van der Waals surface area contributed by atoms with E-state index < -0.39 is 11.5 Å². The number of carboxylic acid groups (broad SMARTS) is 1. The van der Waals surface area contributed by atoms with Crippen molar-refractivity contribution in [3.8, 4) is 5.75 Å². The number of rotatable bonds is 4. The first kappa shape index (κ1) is 12.5. The van der Waals surface area contributed by atoms with Gasteiger partial charge in [-0.15, -0.1) is 6.58 Å². The summed E-state index contributed by atoms with van der Waals surface area (Å²) < 4.78 is 0. The molecule has 16 heavy (non-hydrogen) atoms. The highest BCUT2D eigenvalue weighted by molar-refractivity contribution is 6.31. The molecule has 0 aliphatic heterocycles. The molecular formula is C11H12ClNO3. The van der Waals surface area contributed by atoms with E-state index in [-0.39, 0.29) is 17.2 Å². The molecule has 0 spiro atoms. The number of hydrogen-bond donors (Lipinski definition) is 3. The number of phenols is 1. The molecular weight excluding hydrogens is 230 g/mol. The van der Waals surface area contributed by atoms with Gasteiger partial charge >= 0.3 is 5.97 Å². The summed E-state index contributed by atoms with van der Waals surface area (Å²) in [4.78, 5) is 10.9. The Morgan fingerprint density at radius 1 is 1.62 bits per heavy atom. The van der Waals surface area contributed by atoms with Gasteiger partial charge in [0.05, 0.1) is 0 Å². The number of carboxylic acids is 1. The molecule has 0 radical (unpaired) electrons. The normalized spacial score (nSPS) is 14.1. The third-order valence-electron chi connectivity index (χ3n) is 2.28. The fraction of sp³-hybridized carbons (Fsp3) is 0.182. The second-order valence-electron chi connectivity index (χ2n) is 3.50. The summed E-state index contributed by atoms with van der Waals surface area (Å²) in [5.41, 5.74) is 4.63. The molecule has 4 nitrogen and oxygen atoms in total. The summed E-state index contributed by atoms with van der Waals surface area (Å²) in [6.07, 6.45) is 1.18. The fourth-order valence-electron chi connectivity index (χ4n) is 1.23. The van der Waals surface area contributed by atoms with Crippen LogP contribution in [-0.2, 0) is 11.2 Å². The molecule has 0 heterocycles. The van der Waals surface area contributed by atoms with Crippen LogP contribution in [0.3, 0.4) is 0 Å². The Morgan fingerprint density at radius 3 is 2.69 bits per heavy atom. The maximum absolute atomic E-state index is 10.9. The zero-order valence-corrected chi connectivity index (χ0v) is 9.24. The topological polar surface area (TPSA) is 83.5 Å². The van der Waals surface area contributed by atoms with Crippen molar-refractivity contribution in [3.63, 3.8) is 0 Å². The third-order valence-corrected chi connectivity index (χ3v) is 2.63. The Bertz CT molecular complexity index is 433. The molecule has 1 aromatic carbocycles. The first-order chi connectivity index (χ1) is 7.39. The van der Waals surface area contributed by atoms with E-state index in [0.29, 0.717) is 5.56 Å². The number of aliphatic carboxylic acids is 1. The maximum atomic E-state index is 10.9. The van der Waals surface area contributed by atoms with E-state index in [1.54, 1.807) is 0 Å². The van der Waals surface area contributed by atoms with Crippen LogP contribution in [-0.4, -0.2) is 21.7 Å². The Hall–Kier alpha value is -1.52. The van der Waals surface area contributed by atoms with Crippen molar-refractivity contribution in [2.24, 2.45) is 5.73 Å². The van der Waals surface area contributed by atoms with Gasteiger partial charge in [-0.25, -0.2) is 4.79 Å². The van der Waals surface area contributed by atoms with E-state index in [4.69, 9.17) is 27.5 Å². The third kappa shape index (κ3) is 2.53. The number of aromatic hydroxyl groups is 1. The van der Waals surface area contributed by atoms with Gasteiger partial charge in [0.25, 0.3) is 0 Å². The molecule has 0 saturated heterocycles. The van der Waals surface area contributed by atoms with Crippen molar-refractivity contribution in [1.82, 2.24) is 0 Å². The van der Waals surface area contributed by atoms with Gasteiger partial charge < -0.3 is 15.9 Å². The number of carbonyl (C=O) groups is 1. The van der Waals surface area contributed by atoms with Crippen LogP contribution >= 0.6 is 11.6 Å². The molecule has 86 valence electrons. The lowest BCUT2D eigenvalue weighted by molar-refractivity contribution is -0.141. The van der Waals surface area contributed by atoms with Gasteiger partial charge in [-0.05, 0) is 17.7 Å². The zero-order valence-electron chi connectivity index (χ0n) is 8.48. The van der Waals surface area contributed by atoms with Crippen molar-refractivity contribution < 1.29 is 15.0 Å². The lowest BCUT2D eigenvalue weighted by Crippen LogP contribution is -2.47. The van der Waals surface area contributed by atoms with Crippen LogP contribution in [0.2, 0.25) is 5.02 Å². The summed E-state index contributed by atoms with van der Waals surface area (Å²) in [6.45, 7) is 3.40. The van der Waals surface area contributed by atoms with E-state index in [1.807, 2.05) is 0 Å². The van der Waals surface area contributed by atoms with Crippen LogP contribution in [0.25, 0.3) is 0 Å². The molecule has 1 aromatic rings. The standard InChI is InChI=1S/C11H12ClNO3/c1-2-11(13,10(15)16)6-7-3-4-8(14)5-9(7)12/h2-5,14H,1,6,13H2,(H,15,16). The molecule has 0 aromatic heterocycles. The first-order valence-electron chi connectivity index (χ1n) is 4.52. The van der Waals surface area contributed by atoms with Crippen molar-refractivity contribution in [1.29, 1.82) is 0 Å². The second kappa shape index (κ2) is 4.55. The van der Waals surface area contributed by atoms with Gasteiger partial charge in [-0.1, -0.05) is 23.7 Å². The number of hydrogen-bond acceptors (Lipinski definition) is 3. The maximum Gasteiger partial charge on any atom is 0.328 e. The van der Waals surface area contributed by atoms with Crippen molar-refractivity contribution >= 4 is 17.6 Å². The van der Waals surface area contributed by atoms with Crippen LogP contribution in [0.1, 0.15) is 5.56 Å². The molecule has 5 heteroatoms. The van der Waals surface area contributed by atoms with E-state index in [9.17, 15) is 4.79 Å². The predicted molar refractivity (Wildman–Crippen MR) is 61.6 cm³/mol. The Morgan fingerprint density at radius 2 is 2.25 bits per heavy atom. The SMILES string of the molecule is C=CC(N)(Cc1ccc(O)cc1Cl)C(=O)O. The van der Waals surface area contributed by atoms with Gasteiger partial charge in [0.15, 0.2) is 0 Å². The Labute approximate surface area is 98.0 Å². The summed E-state index contributed by atoms with van der Waals surface area (Å²) in [5.74, 6) is -1.16. The number of benzene rings is 1. The zero-order chi connectivity index (χ0) is 12.3. The van der Waals surface area contributed by atoms with Crippen molar-refractivity contribution in [2.75, 3.05) is 0 Å². The van der Waals surface area contributed by atoms with Gasteiger partial charge in [0.2, 0.25) is 0 Å². The highest BCUT2D eigenvalue weighted by Gasteiger charge is 2.31. The summed E-state index contributed by atoms with van der Waals surface area (Å²) in [5, 5.41) is 18.4. The lowest BCUT2D eigenvalue weighted by Gasteiger charge is -2.20. The average molecular weight is 242 g/mol. The molecule has 1 rings (SSSR count). The van der Waals surface area contributed by atoms with Crippen LogP contribution in [0.15, 0.2) is 30.9 Å². The monoisotopic (exact) mass is 241 g/mol. The van der Waals surface area contributed by atoms with Gasteiger partial charge in [0, 0.05) is 11.4 Å². The number of halogens is 1. The molecule has 4 N–H and O–H groups in total. The minimum absolute atomic E-state index is 0.0188. The summed E-state index contributed by atoms with van der Waals surface area (Å²) in [6, 6.07) is 4.29. The van der Waals surface area contributed by atoms with Gasteiger partial charge in [0.1, 0.15) is 11.3 Å². The molecule has 0 bridgehead atoms. The smallest absolute Gasteiger partial charge is 0.328 e. The second-order valence-corrected chi connectivity index (χ2v) is 3.91. The highest BCUT2D eigenvalue weighted by atomic mass is 35.5. The van der Waals surface area contributed by atoms with Crippen LogP contribution in [0.5, 0.6) is 5.75 Å². The van der Waals surface area contributed by atoms with Crippen molar-refractivity contribution in [2.45, 2.75) is 12.0 Å². The Balaban J connectivity index is 3.04. The molecule has 0 aliphatic rings. The summed E-state index contributed by atoms with van der Waals surface area (Å²) >= 11 is 5.85. The largest absolute Gasteiger partial charge is 0.508 e. The quantitative estimate of drug-likeness (QED) is 0.699. The molecule has 1 unspecified atom stereocenters. The number of nitrogens with two attached hydrogens (primary N) is 1. The molecule has 0 saturated carbocycles. The minimum atomic E-state index is -1.55. The number of phenolic OH excluding ortho intramolecular Hbond substituents is 1. The van der Waals surface area contributed by atoms with Crippen LogP contribution in [0, 0.1) is 0 Å². The van der Waals surface area contributed by atoms with E-state index >= 15 is 0 Å². The molecule has 0 aliphatic carbocycles. The van der Waals surface area contributed by atoms with E-state index in [0.717, 1.165) is 0 Å². The van der Waals surface area contributed by atoms with Gasteiger partial charge in [-0.3, -0.25) is 0 Å². The fourth-order valence-corrected chi connectivity index (χ4v) is 1.47. The molecule has 0 amide bonds. The highest BCUT2D eigenvalue weighted by Crippen LogP contribution is 2.25. The molecule has 1 atom stereocenters. The Kier molecular flexibility index (Phi) is 3.57. The molecule has 0 fully saturated rings.